The first-order chi connectivity index (χ1) is 27.0. The lowest BCUT2D eigenvalue weighted by atomic mass is 10.1. The van der Waals surface area contributed by atoms with Gasteiger partial charge in [0, 0.05) is 62.7 Å². The summed E-state index contributed by atoms with van der Waals surface area (Å²) in [5, 5.41) is 20.6. The number of carboxylic acids is 1. The highest BCUT2D eigenvalue weighted by molar-refractivity contribution is 7.89. The second-order valence-electron chi connectivity index (χ2n) is 12.6. The molecule has 0 aliphatic heterocycles. The van der Waals surface area contributed by atoms with E-state index in [1.165, 1.54) is 36.4 Å². The monoisotopic (exact) mass is 810 g/mol. The zero-order valence-corrected chi connectivity index (χ0v) is 32.4. The number of sulfonamides is 2. The maximum Gasteiger partial charge on any atom is 0.323 e. The van der Waals surface area contributed by atoms with E-state index in [9.17, 15) is 31.5 Å². The number of aryl methyl sites for hydroxylation is 1. The number of hydrogen-bond donors (Lipinski definition) is 6. The Morgan fingerprint density at radius 1 is 0.857 bits per heavy atom. The molecule has 3 aromatic carbocycles. The maximum absolute atomic E-state index is 13.2. The summed E-state index contributed by atoms with van der Waals surface area (Å²) in [6.45, 7) is 5.02. The molecule has 0 radical (unpaired) electrons. The average Bonchev–Trinajstić information content (AvgIpc) is 3.87. The van der Waals surface area contributed by atoms with Crippen molar-refractivity contribution in [2.45, 2.75) is 48.6 Å². The van der Waals surface area contributed by atoms with Gasteiger partial charge < -0.3 is 30.2 Å². The number of aromatic nitrogens is 4. The molecule has 0 fully saturated rings. The minimum Gasteiger partial charge on any atom is -0.480 e. The van der Waals surface area contributed by atoms with Crippen LogP contribution < -0.4 is 20.1 Å². The van der Waals surface area contributed by atoms with Crippen LogP contribution in [0.2, 0.25) is 0 Å². The van der Waals surface area contributed by atoms with Crippen LogP contribution in [0.1, 0.15) is 36.5 Å². The van der Waals surface area contributed by atoms with Crippen LogP contribution in [0.3, 0.4) is 0 Å². The van der Waals surface area contributed by atoms with Crippen LogP contribution in [0, 0.1) is 0 Å². The Hall–Kier alpha value is -5.18. The molecule has 56 heavy (non-hydrogen) atoms. The Morgan fingerprint density at radius 2 is 1.54 bits per heavy atom. The molecule has 5 aromatic rings. The predicted octanol–water partition coefficient (Wildman–Crippen LogP) is 3.20. The number of amides is 1. The number of ether oxygens (including phenoxy) is 2. The van der Waals surface area contributed by atoms with Crippen molar-refractivity contribution in [2.75, 3.05) is 51.4 Å². The second kappa shape index (κ2) is 20.1. The third-order valence-corrected chi connectivity index (χ3v) is 11.4. The molecule has 0 spiro atoms. The molecule has 1 atom stereocenters. The normalized spacial score (nSPS) is 12.4. The lowest BCUT2D eigenvalue weighted by molar-refractivity contribution is -0.138. The Labute approximate surface area is 325 Å². The highest BCUT2D eigenvalue weighted by atomic mass is 32.2. The Kier molecular flexibility index (Phi) is 15.1. The molecule has 17 nitrogen and oxygen atoms in total. The number of carbonyl (C=O) groups is 2. The van der Waals surface area contributed by atoms with Crippen molar-refractivity contribution in [3.8, 4) is 11.1 Å². The summed E-state index contributed by atoms with van der Waals surface area (Å²) in [5.74, 6) is -1.38. The first-order valence-electron chi connectivity index (χ1n) is 18.0. The van der Waals surface area contributed by atoms with Gasteiger partial charge in [0.25, 0.3) is 5.91 Å². The molecule has 300 valence electrons. The molecular formula is C37H46N8O9S2. The number of carbonyl (C=O) groups excluding carboxylic acids is 1. The maximum atomic E-state index is 13.2. The van der Waals surface area contributed by atoms with Crippen molar-refractivity contribution in [1.82, 2.24) is 34.5 Å². The van der Waals surface area contributed by atoms with Crippen LogP contribution in [0.15, 0.2) is 95.1 Å². The summed E-state index contributed by atoms with van der Waals surface area (Å²) in [7, 11) is -8.07. The molecular weight excluding hydrogens is 765 g/mol. The third-order valence-electron chi connectivity index (χ3n) is 8.44. The van der Waals surface area contributed by atoms with E-state index in [4.69, 9.17) is 9.47 Å². The van der Waals surface area contributed by atoms with Gasteiger partial charge in [0.05, 0.1) is 34.7 Å². The standard InChI is InChI=1S/C37H46N8O9S2/c1-2-20-53-22-23-54-21-4-16-43-55(49,50)31-10-5-27(6-11-31)28-7-12-32(13-8-28)56(51,52)44-33(36(47)48)26-41-35(46)29-9-14-34-30(24-29)25-42-45(34)19-3-15-38-37-39-17-18-40-37/h5-14,17-18,24-25,33,43-44H,2-4,15-16,19-23,26H2,1H3,(H,41,46)(H,47,48)(H2,38,39,40). The number of aliphatic carboxylic acids is 1. The highest BCUT2D eigenvalue weighted by Gasteiger charge is 2.26. The zero-order valence-electron chi connectivity index (χ0n) is 30.8. The number of H-pyrrole nitrogens is 1. The van der Waals surface area contributed by atoms with E-state index in [1.54, 1.807) is 48.9 Å². The van der Waals surface area contributed by atoms with Gasteiger partial charge in [-0.2, -0.15) is 9.82 Å². The van der Waals surface area contributed by atoms with Gasteiger partial charge in [-0.25, -0.2) is 26.5 Å². The van der Waals surface area contributed by atoms with E-state index in [2.05, 4.69) is 35.1 Å². The number of rotatable bonds is 24. The number of aromatic amines is 1. The smallest absolute Gasteiger partial charge is 0.323 e. The molecule has 0 aliphatic rings. The number of benzene rings is 3. The number of fused-ring (bicyclic) bond motifs is 1. The molecule has 5 rings (SSSR count). The average molecular weight is 811 g/mol. The summed E-state index contributed by atoms with van der Waals surface area (Å²) in [5.41, 5.74) is 2.31. The van der Waals surface area contributed by atoms with Crippen molar-refractivity contribution >= 4 is 48.8 Å². The van der Waals surface area contributed by atoms with Gasteiger partial charge in [0.15, 0.2) is 5.95 Å². The van der Waals surface area contributed by atoms with Crippen LogP contribution in [-0.2, 0) is 40.9 Å². The summed E-state index contributed by atoms with van der Waals surface area (Å²) in [6, 6.07) is 15.1. The van der Waals surface area contributed by atoms with Crippen molar-refractivity contribution < 1.29 is 41.0 Å². The molecule has 0 saturated heterocycles. The number of anilines is 1. The SMILES string of the molecule is CCCOCCOCCCNS(=O)(=O)c1ccc(-c2ccc(S(=O)(=O)NC(CNC(=O)c3ccc4c(cnn4CCCNc4ncc[nH]4)c3)C(=O)O)cc2)cc1. The minimum absolute atomic E-state index is 0.0728. The van der Waals surface area contributed by atoms with Crippen LogP contribution in [0.25, 0.3) is 22.0 Å². The first-order valence-corrected chi connectivity index (χ1v) is 21.0. The van der Waals surface area contributed by atoms with Crippen molar-refractivity contribution in [3.05, 3.63) is 90.9 Å². The Morgan fingerprint density at radius 3 is 2.18 bits per heavy atom. The lowest BCUT2D eigenvalue weighted by Crippen LogP contribution is -2.48. The first kappa shape index (κ1) is 42.0. The molecule has 19 heteroatoms. The molecule has 0 saturated carbocycles. The predicted molar refractivity (Wildman–Crippen MR) is 209 cm³/mol. The summed E-state index contributed by atoms with van der Waals surface area (Å²) in [6.07, 6.45) is 7.22. The van der Waals surface area contributed by atoms with Crippen molar-refractivity contribution in [3.63, 3.8) is 0 Å². The van der Waals surface area contributed by atoms with E-state index >= 15 is 0 Å². The fourth-order valence-corrected chi connectivity index (χ4v) is 7.78. The quantitative estimate of drug-likeness (QED) is 0.0493. The molecule has 1 amide bonds. The molecule has 2 heterocycles. The number of nitrogens with one attached hydrogen (secondary N) is 5. The molecule has 0 bridgehead atoms. The number of imidazole rings is 1. The van der Waals surface area contributed by atoms with Gasteiger partial charge in [-0.3, -0.25) is 14.3 Å². The number of carboxylic acid groups (broad SMARTS) is 1. The molecule has 0 aliphatic carbocycles. The minimum atomic E-state index is -4.32. The molecule has 2 aromatic heterocycles. The third kappa shape index (κ3) is 11.9. The largest absolute Gasteiger partial charge is 0.480 e. The Balaban J connectivity index is 1.10. The zero-order chi connectivity index (χ0) is 40.0. The van der Waals surface area contributed by atoms with Gasteiger partial charge in [-0.05, 0) is 72.9 Å². The van der Waals surface area contributed by atoms with Crippen molar-refractivity contribution in [2.24, 2.45) is 0 Å². The summed E-state index contributed by atoms with van der Waals surface area (Å²) in [4.78, 5) is 32.0. The van der Waals surface area contributed by atoms with Crippen molar-refractivity contribution in [1.29, 1.82) is 0 Å². The number of hydrogen-bond acceptors (Lipinski definition) is 11. The van der Waals surface area contributed by atoms with Crippen LogP contribution >= 0.6 is 0 Å². The van der Waals surface area contributed by atoms with Gasteiger partial charge in [-0.15, -0.1) is 0 Å². The van der Waals surface area contributed by atoms with Gasteiger partial charge >= 0.3 is 5.97 Å². The lowest BCUT2D eigenvalue weighted by Gasteiger charge is -2.16. The molecule has 1 unspecified atom stereocenters. The van der Waals surface area contributed by atoms with Crippen LogP contribution in [0.4, 0.5) is 5.95 Å². The number of nitrogens with zero attached hydrogens (tertiary/aromatic N) is 3. The van der Waals surface area contributed by atoms with Crippen LogP contribution in [0.5, 0.6) is 0 Å². The molecule has 6 N–H and O–H groups in total. The highest BCUT2D eigenvalue weighted by Crippen LogP contribution is 2.23. The van der Waals surface area contributed by atoms with E-state index in [1.807, 2.05) is 11.6 Å². The van der Waals surface area contributed by atoms with E-state index in [0.717, 1.165) is 18.4 Å². The van der Waals surface area contributed by atoms with E-state index in [0.29, 0.717) is 68.4 Å². The van der Waals surface area contributed by atoms with E-state index in [-0.39, 0.29) is 21.9 Å². The van der Waals surface area contributed by atoms with E-state index < -0.39 is 44.5 Å². The fraction of sp³-hybridized carbons (Fsp3) is 0.351. The van der Waals surface area contributed by atoms with Gasteiger partial charge in [0.1, 0.15) is 6.04 Å². The topological polar surface area (TPSA) is 236 Å². The second-order valence-corrected chi connectivity index (χ2v) is 16.1. The summed E-state index contributed by atoms with van der Waals surface area (Å²) < 4.78 is 69.1. The Bertz CT molecular complexity index is 2250. The fourth-order valence-electron chi connectivity index (χ4n) is 5.52. The van der Waals surface area contributed by atoms with Gasteiger partial charge in [0.2, 0.25) is 20.0 Å². The summed E-state index contributed by atoms with van der Waals surface area (Å²) >= 11 is 0. The van der Waals surface area contributed by atoms with Crippen LogP contribution in [-0.4, -0.2) is 106 Å². The van der Waals surface area contributed by atoms with Gasteiger partial charge in [-0.1, -0.05) is 31.2 Å².